The van der Waals surface area contributed by atoms with Crippen LogP contribution < -0.4 is 26.2 Å². The van der Waals surface area contributed by atoms with E-state index in [4.69, 9.17) is 5.73 Å². The lowest BCUT2D eigenvalue weighted by molar-refractivity contribution is 0.100. The quantitative estimate of drug-likeness (QED) is 0.465. The summed E-state index contributed by atoms with van der Waals surface area (Å²) in [5.74, 6) is 0.642. The first kappa shape index (κ1) is 23.2. The minimum atomic E-state index is -0.564. The number of hydrogen-bond donors (Lipinski definition) is 3. The Morgan fingerprint density at radius 1 is 1.03 bits per heavy atom. The Morgan fingerprint density at radius 2 is 1.79 bits per heavy atom. The summed E-state index contributed by atoms with van der Waals surface area (Å²) in [6.45, 7) is 6.94. The largest absolute Gasteiger partial charge is 0.373 e. The molecule has 3 aromatic rings. The van der Waals surface area contributed by atoms with Crippen LogP contribution in [-0.4, -0.2) is 72.6 Å². The summed E-state index contributed by atoms with van der Waals surface area (Å²) in [4.78, 5) is 31.9. The van der Waals surface area contributed by atoms with Gasteiger partial charge in [-0.05, 0) is 32.2 Å². The van der Waals surface area contributed by atoms with Gasteiger partial charge in [0.05, 0.1) is 40.7 Å². The Labute approximate surface area is 199 Å². The third-order valence-corrected chi connectivity index (χ3v) is 5.99. The molecule has 1 saturated heterocycles. The molecule has 0 spiro atoms. The van der Waals surface area contributed by atoms with Crippen LogP contribution in [0.15, 0.2) is 49.1 Å². The first-order valence-corrected chi connectivity index (χ1v) is 11.3. The molecule has 1 fully saturated rings. The highest BCUT2D eigenvalue weighted by Gasteiger charge is 2.16. The highest BCUT2D eigenvalue weighted by atomic mass is 16.1. The molecule has 10 heteroatoms. The van der Waals surface area contributed by atoms with Gasteiger partial charge in [0.1, 0.15) is 11.6 Å². The molecule has 0 unspecified atom stereocenters. The van der Waals surface area contributed by atoms with Gasteiger partial charge < -0.3 is 31.1 Å². The lowest BCUT2D eigenvalue weighted by Crippen LogP contribution is -2.44. The number of carbonyl (C=O) groups excluding carboxylic acids is 1. The van der Waals surface area contributed by atoms with Crippen molar-refractivity contribution in [3.63, 3.8) is 0 Å². The van der Waals surface area contributed by atoms with Gasteiger partial charge in [-0.2, -0.15) is 0 Å². The van der Waals surface area contributed by atoms with Gasteiger partial charge in [-0.1, -0.05) is 0 Å². The van der Waals surface area contributed by atoms with E-state index in [1.165, 1.54) is 6.20 Å². The van der Waals surface area contributed by atoms with Crippen LogP contribution in [0.2, 0.25) is 0 Å². The van der Waals surface area contributed by atoms with Crippen molar-refractivity contribution in [2.75, 3.05) is 67.3 Å². The van der Waals surface area contributed by atoms with Gasteiger partial charge in [0, 0.05) is 58.2 Å². The summed E-state index contributed by atoms with van der Waals surface area (Å²) < 4.78 is 0. The Balaban J connectivity index is 1.54. The third-order valence-electron chi connectivity index (χ3n) is 5.99. The topological polar surface area (TPSA) is 116 Å². The molecule has 0 bridgehead atoms. The molecule has 0 aliphatic carbocycles. The van der Waals surface area contributed by atoms with Crippen molar-refractivity contribution >= 4 is 40.3 Å². The first-order valence-electron chi connectivity index (χ1n) is 11.3. The molecule has 3 aromatic heterocycles. The molecule has 4 rings (SSSR count). The van der Waals surface area contributed by atoms with Crippen molar-refractivity contribution in [1.29, 1.82) is 0 Å². The maximum atomic E-state index is 12.0. The van der Waals surface area contributed by atoms with Gasteiger partial charge in [-0.15, -0.1) is 0 Å². The fourth-order valence-corrected chi connectivity index (χ4v) is 3.80. The van der Waals surface area contributed by atoms with E-state index in [1.807, 2.05) is 25.4 Å². The zero-order chi connectivity index (χ0) is 24.1. The molecule has 0 aromatic carbocycles. The number of carbonyl (C=O) groups is 1. The molecular formula is C24H31N9O. The minimum Gasteiger partial charge on any atom is -0.373 e. The van der Waals surface area contributed by atoms with Gasteiger partial charge in [-0.3, -0.25) is 9.78 Å². The van der Waals surface area contributed by atoms with Crippen molar-refractivity contribution in [2.24, 2.45) is 5.73 Å². The molecule has 10 nitrogen and oxygen atoms in total. The predicted molar refractivity (Wildman–Crippen MR) is 136 cm³/mol. The Kier molecular flexibility index (Phi) is 7.07. The summed E-state index contributed by atoms with van der Waals surface area (Å²) in [7, 11) is 4.13. The molecule has 0 saturated carbocycles. The monoisotopic (exact) mass is 461 g/mol. The van der Waals surface area contributed by atoms with Gasteiger partial charge in [-0.25, -0.2) is 9.97 Å². The highest BCUT2D eigenvalue weighted by Crippen LogP contribution is 2.30. The number of amides is 1. The Bertz CT molecular complexity index is 1130. The number of nitrogens with zero attached hydrogens (tertiary/aromatic N) is 6. The SMILES string of the molecule is CCN(C)c1ccncc1Nc1cc(Nc2ccc(N3CCN(C)CC3)cn2)ncc1C(N)=O. The molecule has 1 amide bonds. The van der Waals surface area contributed by atoms with Crippen LogP contribution in [0, 0.1) is 0 Å². The highest BCUT2D eigenvalue weighted by molar-refractivity contribution is 6.00. The summed E-state index contributed by atoms with van der Waals surface area (Å²) in [6.07, 6.45) is 6.79. The van der Waals surface area contributed by atoms with Crippen LogP contribution in [0.4, 0.5) is 34.4 Å². The van der Waals surface area contributed by atoms with Crippen LogP contribution in [0.25, 0.3) is 0 Å². The number of anilines is 6. The standard InChI is InChI=1S/C24H31N9O/c1-4-32(3)21-7-8-26-16-20(21)29-19-13-23(28-15-18(19)24(25)34)30-22-6-5-17(14-27-22)33-11-9-31(2)10-12-33/h5-8,13-16H,4,9-12H2,1-3H3,(H2,25,34)(H2,27,28,29,30). The summed E-state index contributed by atoms with van der Waals surface area (Å²) >= 11 is 0. The van der Waals surface area contributed by atoms with Gasteiger partial charge in [0.25, 0.3) is 5.91 Å². The van der Waals surface area contributed by atoms with Gasteiger partial charge in [0.2, 0.25) is 0 Å². The number of nitrogens with two attached hydrogens (primary N) is 1. The van der Waals surface area contributed by atoms with Crippen LogP contribution in [0.1, 0.15) is 17.3 Å². The van der Waals surface area contributed by atoms with E-state index in [1.54, 1.807) is 18.5 Å². The number of likely N-dealkylation sites (N-methyl/N-ethyl adjacent to an activating group) is 1. The van der Waals surface area contributed by atoms with Crippen LogP contribution >= 0.6 is 0 Å². The summed E-state index contributed by atoms with van der Waals surface area (Å²) in [5, 5.41) is 6.52. The molecule has 0 radical (unpaired) electrons. The average Bonchev–Trinajstić information content (AvgIpc) is 2.85. The van der Waals surface area contributed by atoms with Crippen molar-refractivity contribution in [1.82, 2.24) is 19.9 Å². The zero-order valence-electron chi connectivity index (χ0n) is 19.8. The number of piperazine rings is 1. The van der Waals surface area contributed by atoms with Crippen molar-refractivity contribution in [2.45, 2.75) is 6.92 Å². The van der Waals surface area contributed by atoms with Crippen molar-refractivity contribution < 1.29 is 4.79 Å². The summed E-state index contributed by atoms with van der Waals surface area (Å²) in [6, 6.07) is 7.65. The first-order chi connectivity index (χ1) is 16.4. The van der Waals surface area contributed by atoms with Crippen molar-refractivity contribution in [3.8, 4) is 0 Å². The van der Waals surface area contributed by atoms with Crippen molar-refractivity contribution in [3.05, 3.63) is 54.6 Å². The fraction of sp³-hybridized carbons (Fsp3) is 0.333. The maximum absolute atomic E-state index is 12.0. The molecule has 0 atom stereocenters. The Morgan fingerprint density at radius 3 is 2.47 bits per heavy atom. The molecule has 4 N–H and O–H groups in total. The number of primary amides is 1. The van der Waals surface area contributed by atoms with E-state index in [2.05, 4.69) is 60.3 Å². The van der Waals surface area contributed by atoms with E-state index < -0.39 is 5.91 Å². The van der Waals surface area contributed by atoms with E-state index in [9.17, 15) is 4.79 Å². The fourth-order valence-electron chi connectivity index (χ4n) is 3.80. The van der Waals surface area contributed by atoms with Gasteiger partial charge >= 0.3 is 0 Å². The maximum Gasteiger partial charge on any atom is 0.252 e. The zero-order valence-corrected chi connectivity index (χ0v) is 19.8. The van der Waals surface area contributed by atoms with Crippen LogP contribution in [0.5, 0.6) is 0 Å². The summed E-state index contributed by atoms with van der Waals surface area (Å²) in [5.41, 5.74) is 9.26. The second kappa shape index (κ2) is 10.3. The number of pyridine rings is 3. The van der Waals surface area contributed by atoms with Crippen LogP contribution in [0.3, 0.4) is 0 Å². The second-order valence-electron chi connectivity index (χ2n) is 8.33. The smallest absolute Gasteiger partial charge is 0.252 e. The van der Waals surface area contributed by atoms with E-state index >= 15 is 0 Å². The molecule has 1 aliphatic rings. The predicted octanol–water partition coefficient (Wildman–Crippen LogP) is 2.67. The van der Waals surface area contributed by atoms with Crippen LogP contribution in [-0.2, 0) is 0 Å². The Hall–Kier alpha value is -3.92. The number of rotatable bonds is 8. The minimum absolute atomic E-state index is 0.290. The lowest BCUT2D eigenvalue weighted by atomic mass is 10.2. The number of aromatic nitrogens is 3. The van der Waals surface area contributed by atoms with E-state index in [0.717, 1.165) is 49.8 Å². The molecule has 1 aliphatic heterocycles. The molecular weight excluding hydrogens is 430 g/mol. The molecule has 34 heavy (non-hydrogen) atoms. The second-order valence-corrected chi connectivity index (χ2v) is 8.33. The van der Waals surface area contributed by atoms with E-state index in [-0.39, 0.29) is 5.56 Å². The third kappa shape index (κ3) is 5.34. The normalized spacial score (nSPS) is 14.0. The molecule has 178 valence electrons. The van der Waals surface area contributed by atoms with E-state index in [0.29, 0.717) is 17.3 Å². The van der Waals surface area contributed by atoms with Gasteiger partial charge in [0.15, 0.2) is 0 Å². The number of hydrogen-bond acceptors (Lipinski definition) is 9. The number of nitrogens with one attached hydrogen (secondary N) is 2. The lowest BCUT2D eigenvalue weighted by Gasteiger charge is -2.33. The molecule has 4 heterocycles. The average molecular weight is 462 g/mol.